The second-order valence-corrected chi connectivity index (χ2v) is 6.66. The molecule has 0 aliphatic carbocycles. The van der Waals surface area contributed by atoms with Gasteiger partial charge in [0.1, 0.15) is 10.8 Å². The summed E-state index contributed by atoms with van der Waals surface area (Å²) in [6.45, 7) is -3.16. The number of anilines is 2. The zero-order chi connectivity index (χ0) is 21.5. The van der Waals surface area contributed by atoms with Crippen molar-refractivity contribution in [3.8, 4) is 17.4 Å². The first-order valence-electron chi connectivity index (χ1n) is 8.58. The van der Waals surface area contributed by atoms with Gasteiger partial charge >= 0.3 is 6.61 Å². The van der Waals surface area contributed by atoms with E-state index in [1.54, 1.807) is 30.3 Å². The van der Waals surface area contributed by atoms with Crippen LogP contribution in [0.25, 0.3) is 0 Å². The fraction of sp³-hybridized carbons (Fsp3) is 0.100. The minimum Gasteiger partial charge on any atom is -0.435 e. The van der Waals surface area contributed by atoms with Gasteiger partial charge in [-0.3, -0.25) is 4.79 Å². The Morgan fingerprint density at radius 3 is 2.40 bits per heavy atom. The number of carbonyl (C=O) groups is 1. The molecule has 2 N–H and O–H groups in total. The van der Waals surface area contributed by atoms with Crippen molar-refractivity contribution >= 4 is 40.5 Å². The molecule has 0 aliphatic rings. The van der Waals surface area contributed by atoms with E-state index in [0.29, 0.717) is 16.5 Å². The number of carbonyl (C=O) groups excluding carboxylic acids is 1. The average molecular weight is 454 g/mol. The van der Waals surface area contributed by atoms with E-state index < -0.39 is 12.5 Å². The number of hydrogen-bond acceptors (Lipinski definition) is 5. The summed E-state index contributed by atoms with van der Waals surface area (Å²) in [6, 6.07) is 14.2. The number of aromatic nitrogens is 1. The molecular weight excluding hydrogens is 439 g/mol. The van der Waals surface area contributed by atoms with Gasteiger partial charge in [0.15, 0.2) is 5.75 Å². The molecule has 0 spiro atoms. The second kappa shape index (κ2) is 10.1. The molecular formula is C20H15Cl2F2N3O3. The molecule has 6 nitrogen and oxygen atoms in total. The summed E-state index contributed by atoms with van der Waals surface area (Å²) in [7, 11) is 0. The third-order valence-corrected chi connectivity index (χ3v) is 4.16. The number of nitrogens with one attached hydrogen (secondary N) is 2. The van der Waals surface area contributed by atoms with E-state index in [4.69, 9.17) is 27.9 Å². The molecule has 2 aromatic carbocycles. The van der Waals surface area contributed by atoms with Crippen LogP contribution >= 0.6 is 23.2 Å². The van der Waals surface area contributed by atoms with Gasteiger partial charge in [-0.25, -0.2) is 4.98 Å². The van der Waals surface area contributed by atoms with E-state index in [1.165, 1.54) is 30.5 Å². The smallest absolute Gasteiger partial charge is 0.387 e. The highest BCUT2D eigenvalue weighted by atomic mass is 35.5. The van der Waals surface area contributed by atoms with Crippen LogP contribution in [-0.4, -0.2) is 24.0 Å². The highest BCUT2D eigenvalue weighted by Gasteiger charge is 2.13. The van der Waals surface area contributed by atoms with E-state index in [2.05, 4.69) is 20.4 Å². The van der Waals surface area contributed by atoms with E-state index in [0.717, 1.165) is 0 Å². The van der Waals surface area contributed by atoms with E-state index in [9.17, 15) is 13.6 Å². The fourth-order valence-corrected chi connectivity index (χ4v) is 2.84. The topological polar surface area (TPSA) is 72.5 Å². The van der Waals surface area contributed by atoms with E-state index in [1.807, 2.05) is 0 Å². The van der Waals surface area contributed by atoms with Gasteiger partial charge in [0.25, 0.3) is 0 Å². The number of para-hydroxylation sites is 4. The molecule has 0 aliphatic heterocycles. The first-order chi connectivity index (χ1) is 14.4. The highest BCUT2D eigenvalue weighted by Crippen LogP contribution is 2.33. The number of halogens is 4. The number of benzene rings is 2. The maximum atomic E-state index is 12.5. The minimum atomic E-state index is -3.00. The van der Waals surface area contributed by atoms with Gasteiger partial charge in [0, 0.05) is 6.20 Å². The quantitative estimate of drug-likeness (QED) is 0.448. The normalized spacial score (nSPS) is 10.6. The molecule has 0 radical (unpaired) electrons. The van der Waals surface area contributed by atoms with Crippen LogP contribution in [0.15, 0.2) is 60.8 Å². The molecule has 156 valence electrons. The van der Waals surface area contributed by atoms with Crippen LogP contribution in [0, 0.1) is 0 Å². The predicted molar refractivity (Wildman–Crippen MR) is 111 cm³/mol. The molecule has 1 heterocycles. The lowest BCUT2D eigenvalue weighted by atomic mass is 10.2. The summed E-state index contributed by atoms with van der Waals surface area (Å²) in [5.74, 6) is -0.0768. The second-order valence-electron chi connectivity index (χ2n) is 5.82. The summed E-state index contributed by atoms with van der Waals surface area (Å²) in [4.78, 5) is 16.3. The highest BCUT2D eigenvalue weighted by molar-refractivity contribution is 6.35. The van der Waals surface area contributed by atoms with Crippen molar-refractivity contribution in [3.05, 3.63) is 70.8 Å². The van der Waals surface area contributed by atoms with Gasteiger partial charge < -0.3 is 20.1 Å². The number of nitrogens with zero attached hydrogens (tertiary/aromatic N) is 1. The first kappa shape index (κ1) is 21.6. The lowest BCUT2D eigenvalue weighted by Crippen LogP contribution is -2.22. The minimum absolute atomic E-state index is 0.131. The van der Waals surface area contributed by atoms with Crippen molar-refractivity contribution in [1.82, 2.24) is 4.98 Å². The Hall–Kier alpha value is -3.10. The van der Waals surface area contributed by atoms with Crippen molar-refractivity contribution in [2.24, 2.45) is 0 Å². The zero-order valence-electron chi connectivity index (χ0n) is 15.2. The van der Waals surface area contributed by atoms with Crippen molar-refractivity contribution in [3.63, 3.8) is 0 Å². The third kappa shape index (κ3) is 5.95. The van der Waals surface area contributed by atoms with Crippen LogP contribution in [0.5, 0.6) is 17.4 Å². The number of pyridine rings is 1. The molecule has 0 saturated carbocycles. The molecule has 30 heavy (non-hydrogen) atoms. The van der Waals surface area contributed by atoms with Crippen LogP contribution in [0.2, 0.25) is 10.0 Å². The number of ether oxygens (including phenoxy) is 2. The van der Waals surface area contributed by atoms with Crippen molar-refractivity contribution in [1.29, 1.82) is 0 Å². The molecule has 0 atom stereocenters. The fourth-order valence-electron chi connectivity index (χ4n) is 2.42. The molecule has 0 saturated heterocycles. The van der Waals surface area contributed by atoms with Crippen LogP contribution in [0.1, 0.15) is 0 Å². The van der Waals surface area contributed by atoms with Gasteiger partial charge in [0.2, 0.25) is 11.8 Å². The van der Waals surface area contributed by atoms with Crippen LogP contribution in [-0.2, 0) is 4.79 Å². The lowest BCUT2D eigenvalue weighted by Gasteiger charge is -2.14. The van der Waals surface area contributed by atoms with E-state index in [-0.39, 0.29) is 28.9 Å². The Morgan fingerprint density at radius 1 is 1.03 bits per heavy atom. The Morgan fingerprint density at radius 2 is 1.70 bits per heavy atom. The monoisotopic (exact) mass is 453 g/mol. The Balaban J connectivity index is 1.66. The molecule has 0 fully saturated rings. The maximum absolute atomic E-state index is 12.5. The summed E-state index contributed by atoms with van der Waals surface area (Å²) in [5.41, 5.74) is 0.629. The van der Waals surface area contributed by atoms with Crippen molar-refractivity contribution < 1.29 is 23.0 Å². The van der Waals surface area contributed by atoms with Gasteiger partial charge in [-0.05, 0) is 30.3 Å². The van der Waals surface area contributed by atoms with Gasteiger partial charge in [-0.15, -0.1) is 0 Å². The number of alkyl halides is 2. The largest absolute Gasteiger partial charge is 0.435 e. The average Bonchev–Trinajstić information content (AvgIpc) is 2.70. The van der Waals surface area contributed by atoms with Crippen LogP contribution < -0.4 is 20.1 Å². The molecule has 0 bridgehead atoms. The number of rotatable bonds is 8. The molecule has 0 unspecified atom stereocenters. The van der Waals surface area contributed by atoms with Crippen LogP contribution in [0.4, 0.5) is 20.2 Å². The Labute approximate surface area is 180 Å². The number of hydrogen-bond donors (Lipinski definition) is 2. The van der Waals surface area contributed by atoms with Crippen LogP contribution in [0.3, 0.4) is 0 Å². The predicted octanol–water partition coefficient (Wildman–Crippen LogP) is 5.83. The van der Waals surface area contributed by atoms with Crippen molar-refractivity contribution in [2.75, 3.05) is 17.2 Å². The molecule has 1 aromatic heterocycles. The van der Waals surface area contributed by atoms with Gasteiger partial charge in [-0.2, -0.15) is 8.78 Å². The first-order valence-corrected chi connectivity index (χ1v) is 9.33. The molecule has 3 rings (SSSR count). The SMILES string of the molecule is O=C(CNc1ccccc1Oc1ncc(Cl)cc1Cl)Nc1ccccc1OC(F)F. The Kier molecular flexibility index (Phi) is 7.26. The van der Waals surface area contributed by atoms with Crippen molar-refractivity contribution in [2.45, 2.75) is 6.61 Å². The summed E-state index contributed by atoms with van der Waals surface area (Å²) in [5, 5.41) is 6.04. The summed E-state index contributed by atoms with van der Waals surface area (Å²) >= 11 is 11.9. The van der Waals surface area contributed by atoms with Gasteiger partial charge in [0.05, 0.1) is 22.9 Å². The maximum Gasteiger partial charge on any atom is 0.387 e. The number of amides is 1. The summed E-state index contributed by atoms with van der Waals surface area (Å²) < 4.78 is 35.1. The summed E-state index contributed by atoms with van der Waals surface area (Å²) in [6.07, 6.45) is 1.39. The van der Waals surface area contributed by atoms with Gasteiger partial charge in [-0.1, -0.05) is 47.5 Å². The lowest BCUT2D eigenvalue weighted by molar-refractivity contribution is -0.114. The zero-order valence-corrected chi connectivity index (χ0v) is 16.8. The Bertz CT molecular complexity index is 1040. The molecule has 10 heteroatoms. The molecule has 1 amide bonds. The molecule has 3 aromatic rings. The van der Waals surface area contributed by atoms with E-state index >= 15 is 0 Å². The third-order valence-electron chi connectivity index (χ3n) is 3.68. The standard InChI is InChI=1S/C20H15Cl2F2N3O3/c21-12-9-13(22)19(26-10-12)29-16-7-3-1-5-14(16)25-11-18(28)27-15-6-2-4-8-17(15)30-20(23)24/h1-10,20,25H,11H2,(H,27,28).